The third-order valence-corrected chi connectivity index (χ3v) is 4.13. The number of nitro benzene ring substituents is 2. The molecule has 124 valence electrons. The fourth-order valence-electron chi connectivity index (χ4n) is 2.68. The van der Waals surface area contributed by atoms with E-state index in [0.717, 1.165) is 44.1 Å². The molecule has 1 aromatic carbocycles. The highest BCUT2D eigenvalue weighted by atomic mass is 16.6. The molecule has 9 nitrogen and oxygen atoms in total. The summed E-state index contributed by atoms with van der Waals surface area (Å²) in [5.41, 5.74) is -0.953. The Morgan fingerprint density at radius 2 is 1.61 bits per heavy atom. The lowest BCUT2D eigenvalue weighted by molar-refractivity contribution is -0.394. The predicted molar refractivity (Wildman–Crippen MR) is 82.4 cm³/mol. The van der Waals surface area contributed by atoms with Crippen molar-refractivity contribution >= 4 is 17.3 Å². The van der Waals surface area contributed by atoms with E-state index in [2.05, 4.69) is 4.90 Å². The van der Waals surface area contributed by atoms with Crippen LogP contribution in [-0.4, -0.2) is 58.8 Å². The van der Waals surface area contributed by atoms with Gasteiger partial charge in [0.25, 0.3) is 17.3 Å². The van der Waals surface area contributed by atoms with Crippen molar-refractivity contribution in [2.24, 2.45) is 0 Å². The molecule has 0 aromatic heterocycles. The number of nitro groups is 2. The maximum Gasteiger partial charge on any atom is 0.277 e. The van der Waals surface area contributed by atoms with Crippen LogP contribution in [0.3, 0.4) is 0 Å². The zero-order valence-corrected chi connectivity index (χ0v) is 13.0. The van der Waals surface area contributed by atoms with Gasteiger partial charge in [0.1, 0.15) is 0 Å². The number of piperidine rings is 1. The Morgan fingerprint density at radius 3 is 2.04 bits per heavy atom. The van der Waals surface area contributed by atoms with Crippen LogP contribution in [0.1, 0.15) is 23.2 Å². The van der Waals surface area contributed by atoms with Gasteiger partial charge in [-0.3, -0.25) is 25.0 Å². The predicted octanol–water partition coefficient (Wildman–Crippen LogP) is 1.67. The number of likely N-dealkylation sites (tertiary alicyclic amines) is 1. The van der Waals surface area contributed by atoms with E-state index in [-0.39, 0.29) is 11.6 Å². The van der Waals surface area contributed by atoms with Gasteiger partial charge in [-0.1, -0.05) is 0 Å². The van der Waals surface area contributed by atoms with Crippen molar-refractivity contribution in [2.75, 3.05) is 27.2 Å². The van der Waals surface area contributed by atoms with Gasteiger partial charge in [0, 0.05) is 25.2 Å². The first-order valence-electron chi connectivity index (χ1n) is 7.19. The number of amides is 1. The van der Waals surface area contributed by atoms with Crippen LogP contribution in [0.2, 0.25) is 0 Å². The van der Waals surface area contributed by atoms with Crippen LogP contribution in [0, 0.1) is 20.2 Å². The van der Waals surface area contributed by atoms with E-state index < -0.39 is 27.1 Å². The Hall–Kier alpha value is -2.55. The van der Waals surface area contributed by atoms with Crippen molar-refractivity contribution in [1.29, 1.82) is 0 Å². The van der Waals surface area contributed by atoms with Crippen molar-refractivity contribution in [3.8, 4) is 0 Å². The molecule has 0 bridgehead atoms. The Balaban J connectivity index is 2.27. The van der Waals surface area contributed by atoms with E-state index >= 15 is 0 Å². The molecule has 1 fully saturated rings. The van der Waals surface area contributed by atoms with Gasteiger partial charge in [0.2, 0.25) is 0 Å². The van der Waals surface area contributed by atoms with Gasteiger partial charge < -0.3 is 9.80 Å². The lowest BCUT2D eigenvalue weighted by Crippen LogP contribution is -2.44. The maximum atomic E-state index is 12.5. The average molecular weight is 322 g/mol. The second kappa shape index (κ2) is 6.69. The molecule has 0 saturated carbocycles. The van der Waals surface area contributed by atoms with Crippen molar-refractivity contribution in [3.05, 3.63) is 44.0 Å². The number of carbonyl (C=O) groups is 1. The first-order chi connectivity index (χ1) is 10.8. The summed E-state index contributed by atoms with van der Waals surface area (Å²) >= 11 is 0. The van der Waals surface area contributed by atoms with Crippen molar-refractivity contribution in [3.63, 3.8) is 0 Å². The van der Waals surface area contributed by atoms with E-state index in [4.69, 9.17) is 0 Å². The number of rotatable bonds is 4. The lowest BCUT2D eigenvalue weighted by atomic mass is 10.0. The standard InChI is InChI=1S/C14H18N4O5/c1-15-5-3-11(4-6-15)16(2)14(19)10-7-12(17(20)21)9-13(8-10)18(22)23/h7-9,11H,3-6H2,1-2H3. The van der Waals surface area contributed by atoms with Crippen LogP contribution in [0.15, 0.2) is 18.2 Å². The first-order valence-corrected chi connectivity index (χ1v) is 7.19. The summed E-state index contributed by atoms with van der Waals surface area (Å²) in [6.07, 6.45) is 1.60. The van der Waals surface area contributed by atoms with E-state index in [1.807, 2.05) is 7.05 Å². The molecule has 1 aliphatic rings. The van der Waals surface area contributed by atoms with Gasteiger partial charge in [-0.25, -0.2) is 0 Å². The van der Waals surface area contributed by atoms with Crippen molar-refractivity contribution in [1.82, 2.24) is 9.80 Å². The Bertz CT molecular complexity index is 608. The number of non-ortho nitro benzene ring substituents is 2. The zero-order chi connectivity index (χ0) is 17.1. The highest BCUT2D eigenvalue weighted by Gasteiger charge is 2.27. The van der Waals surface area contributed by atoms with E-state index in [1.54, 1.807) is 7.05 Å². The minimum Gasteiger partial charge on any atom is -0.339 e. The smallest absolute Gasteiger partial charge is 0.277 e. The number of nitrogens with zero attached hydrogens (tertiary/aromatic N) is 4. The first kappa shape index (κ1) is 16.8. The van der Waals surface area contributed by atoms with Crippen LogP contribution in [0.5, 0.6) is 0 Å². The molecule has 0 spiro atoms. The summed E-state index contributed by atoms with van der Waals surface area (Å²) < 4.78 is 0. The van der Waals surface area contributed by atoms with Crippen LogP contribution < -0.4 is 0 Å². The Labute approximate surface area is 132 Å². The number of carbonyl (C=O) groups excluding carboxylic acids is 1. The van der Waals surface area contributed by atoms with Crippen LogP contribution in [-0.2, 0) is 0 Å². The summed E-state index contributed by atoms with van der Waals surface area (Å²) in [4.78, 5) is 36.6. The summed E-state index contributed by atoms with van der Waals surface area (Å²) in [6.45, 7) is 1.72. The molecule has 23 heavy (non-hydrogen) atoms. The summed E-state index contributed by atoms with van der Waals surface area (Å²) in [5, 5.41) is 21.8. The molecular formula is C14H18N4O5. The highest BCUT2D eigenvalue weighted by molar-refractivity contribution is 5.95. The van der Waals surface area contributed by atoms with Crippen LogP contribution >= 0.6 is 0 Å². The maximum absolute atomic E-state index is 12.5. The molecule has 0 unspecified atom stereocenters. The normalized spacial score (nSPS) is 16.1. The fourth-order valence-corrected chi connectivity index (χ4v) is 2.68. The minimum atomic E-state index is -0.737. The van der Waals surface area contributed by atoms with Gasteiger partial charge in [0.05, 0.1) is 21.5 Å². The average Bonchev–Trinajstić information content (AvgIpc) is 2.53. The SMILES string of the molecule is CN1CCC(N(C)C(=O)c2cc([N+](=O)[O-])cc([N+](=O)[O-])c2)CC1. The largest absolute Gasteiger partial charge is 0.339 e. The molecule has 0 radical (unpaired) electrons. The quantitative estimate of drug-likeness (QED) is 0.616. The summed E-state index contributed by atoms with van der Waals surface area (Å²) in [5.74, 6) is -0.439. The molecule has 1 aromatic rings. The second-order valence-electron chi connectivity index (χ2n) is 5.70. The molecule has 2 rings (SSSR count). The third kappa shape index (κ3) is 3.81. The van der Waals surface area contributed by atoms with Crippen molar-refractivity contribution in [2.45, 2.75) is 18.9 Å². The highest BCUT2D eigenvalue weighted by Crippen LogP contribution is 2.25. The van der Waals surface area contributed by atoms with Gasteiger partial charge in [-0.15, -0.1) is 0 Å². The molecule has 1 aliphatic heterocycles. The number of hydrogen-bond acceptors (Lipinski definition) is 6. The van der Waals surface area contributed by atoms with Crippen LogP contribution in [0.25, 0.3) is 0 Å². The number of hydrogen-bond donors (Lipinski definition) is 0. The molecule has 0 atom stereocenters. The summed E-state index contributed by atoms with van der Waals surface area (Å²) in [6, 6.07) is 3.05. The molecule has 0 N–H and O–H groups in total. The fraction of sp³-hybridized carbons (Fsp3) is 0.500. The monoisotopic (exact) mass is 322 g/mol. The lowest BCUT2D eigenvalue weighted by Gasteiger charge is -2.35. The zero-order valence-electron chi connectivity index (χ0n) is 13.0. The minimum absolute atomic E-state index is 0.0250. The molecule has 1 heterocycles. The molecule has 1 amide bonds. The number of benzene rings is 1. The van der Waals surface area contributed by atoms with Gasteiger partial charge in [0.15, 0.2) is 0 Å². The third-order valence-electron chi connectivity index (χ3n) is 4.13. The Morgan fingerprint density at radius 1 is 1.13 bits per heavy atom. The second-order valence-corrected chi connectivity index (χ2v) is 5.70. The topological polar surface area (TPSA) is 110 Å². The van der Waals surface area contributed by atoms with E-state index in [0.29, 0.717) is 0 Å². The van der Waals surface area contributed by atoms with Crippen LogP contribution in [0.4, 0.5) is 11.4 Å². The molecule has 1 saturated heterocycles. The molecule has 0 aliphatic carbocycles. The van der Waals surface area contributed by atoms with E-state index in [1.165, 1.54) is 4.90 Å². The van der Waals surface area contributed by atoms with Gasteiger partial charge in [-0.2, -0.15) is 0 Å². The van der Waals surface area contributed by atoms with Crippen molar-refractivity contribution < 1.29 is 14.6 Å². The van der Waals surface area contributed by atoms with Gasteiger partial charge in [-0.05, 0) is 33.0 Å². The molecular weight excluding hydrogens is 304 g/mol. The molecule has 9 heteroatoms. The Kier molecular flexibility index (Phi) is 4.89. The summed E-state index contributed by atoms with van der Waals surface area (Å²) in [7, 11) is 3.63. The van der Waals surface area contributed by atoms with E-state index in [9.17, 15) is 25.0 Å². The van der Waals surface area contributed by atoms with Gasteiger partial charge >= 0.3 is 0 Å².